The number of fused-ring (bicyclic) bond motifs is 7. The van der Waals surface area contributed by atoms with Crippen LogP contribution in [0, 0.1) is 28.6 Å². The number of hydrogen-bond acceptors (Lipinski definition) is 6. The molecule has 4 aliphatic carbocycles. The zero-order chi connectivity index (χ0) is 22.2. The summed E-state index contributed by atoms with van der Waals surface area (Å²) in [6.07, 6.45) is 8.91. The Labute approximate surface area is 184 Å². The lowest BCUT2D eigenvalue weighted by atomic mass is 9.46. The van der Waals surface area contributed by atoms with Gasteiger partial charge in [0.1, 0.15) is 17.8 Å². The van der Waals surface area contributed by atoms with Crippen molar-refractivity contribution < 1.29 is 28.9 Å². The smallest absolute Gasteiger partial charge is 0.302 e. The van der Waals surface area contributed by atoms with Crippen LogP contribution in [0.15, 0.2) is 11.6 Å². The fourth-order valence-corrected chi connectivity index (χ4v) is 8.58. The third kappa shape index (κ3) is 2.83. The van der Waals surface area contributed by atoms with Crippen LogP contribution in [0.25, 0.3) is 0 Å². The summed E-state index contributed by atoms with van der Waals surface area (Å²) in [6.45, 7) is 7.37. The van der Waals surface area contributed by atoms with E-state index in [2.05, 4.69) is 13.0 Å². The van der Waals surface area contributed by atoms with E-state index < -0.39 is 5.60 Å². The molecule has 0 spiro atoms. The first-order valence-corrected chi connectivity index (χ1v) is 12.0. The Bertz CT molecular complexity index is 821. The fraction of sp³-hybridized carbons (Fsp3) is 0.840. The SMILES string of the molecule is CC(=O)O[C@H]1CC[C@@]2(C)C(=CC[C@H]3[C@@H]4C[C@H]5O[C@@]5([C@H](C)OC(C)=O)[C@@]4(CO)CC[C@@H]32)C1. The average molecular weight is 433 g/mol. The average Bonchev–Trinajstić information content (AvgIpc) is 3.37. The Morgan fingerprint density at radius 1 is 1.23 bits per heavy atom. The van der Waals surface area contributed by atoms with Crippen LogP contribution in [0.5, 0.6) is 0 Å². The highest BCUT2D eigenvalue weighted by Gasteiger charge is 2.81. The number of hydrogen-bond donors (Lipinski definition) is 1. The first kappa shape index (κ1) is 21.4. The summed E-state index contributed by atoms with van der Waals surface area (Å²) < 4.78 is 17.4. The molecule has 5 rings (SSSR count). The monoisotopic (exact) mass is 432 g/mol. The predicted octanol–water partition coefficient (Wildman–Crippen LogP) is 3.55. The van der Waals surface area contributed by atoms with Crippen molar-refractivity contribution in [3.63, 3.8) is 0 Å². The molecule has 3 saturated carbocycles. The van der Waals surface area contributed by atoms with Gasteiger partial charge in [-0.3, -0.25) is 9.59 Å². The molecule has 1 N–H and O–H groups in total. The third-order valence-corrected chi connectivity index (χ3v) is 9.83. The molecule has 0 amide bonds. The molecule has 0 aromatic heterocycles. The van der Waals surface area contributed by atoms with Gasteiger partial charge in [0.15, 0.2) is 0 Å². The standard InChI is InChI=1S/C25H36O6/c1-14(29-15(2)27)25-22(31-25)12-21-19-6-5-17-11-18(30-16(3)28)7-9-23(17,4)20(19)8-10-24(21,25)13-26/h5,14,18-22,26H,6-13H2,1-4H3/t14-,18-,19+,20-,21-,22+,23-,24+,25+/m0/s1. The molecule has 6 nitrogen and oxygen atoms in total. The molecule has 1 heterocycles. The predicted molar refractivity (Wildman–Crippen MR) is 113 cm³/mol. The Hall–Kier alpha value is -1.40. The Kier molecular flexibility index (Phi) is 4.88. The van der Waals surface area contributed by atoms with Crippen molar-refractivity contribution in [1.82, 2.24) is 0 Å². The van der Waals surface area contributed by atoms with Gasteiger partial charge in [-0.15, -0.1) is 0 Å². The lowest BCUT2D eigenvalue weighted by Crippen LogP contribution is -2.58. The van der Waals surface area contributed by atoms with Crippen LogP contribution in [-0.2, 0) is 23.8 Å². The molecular weight excluding hydrogens is 396 g/mol. The molecule has 9 atom stereocenters. The van der Waals surface area contributed by atoms with Gasteiger partial charge in [-0.05, 0) is 68.6 Å². The van der Waals surface area contributed by atoms with Crippen molar-refractivity contribution in [2.75, 3.05) is 6.61 Å². The lowest BCUT2D eigenvalue weighted by Gasteiger charge is -2.59. The molecule has 172 valence electrons. The summed E-state index contributed by atoms with van der Waals surface area (Å²) in [5, 5.41) is 10.7. The minimum Gasteiger partial charge on any atom is -0.462 e. The number of allylic oxidation sites excluding steroid dienone is 1. The summed E-state index contributed by atoms with van der Waals surface area (Å²) in [6, 6.07) is 0. The number of carbonyl (C=O) groups is 2. The first-order chi connectivity index (χ1) is 14.7. The van der Waals surface area contributed by atoms with E-state index in [-0.39, 0.29) is 47.7 Å². The molecule has 0 aromatic carbocycles. The number of esters is 2. The quantitative estimate of drug-likeness (QED) is 0.415. The highest BCUT2D eigenvalue weighted by atomic mass is 16.7. The number of carbonyl (C=O) groups excluding carboxylic acids is 2. The van der Waals surface area contributed by atoms with Crippen LogP contribution in [-0.4, -0.2) is 47.6 Å². The number of rotatable bonds is 4. The van der Waals surface area contributed by atoms with E-state index in [1.54, 1.807) is 0 Å². The van der Waals surface area contributed by atoms with Crippen LogP contribution in [0.1, 0.15) is 72.6 Å². The highest BCUT2D eigenvalue weighted by molar-refractivity contribution is 5.66. The fourth-order valence-electron chi connectivity index (χ4n) is 8.58. The second-order valence-electron chi connectivity index (χ2n) is 11.0. The lowest BCUT2D eigenvalue weighted by molar-refractivity contribution is -0.166. The molecule has 1 saturated heterocycles. The van der Waals surface area contributed by atoms with Crippen LogP contribution in [0.2, 0.25) is 0 Å². The minimum absolute atomic E-state index is 0.00821. The third-order valence-electron chi connectivity index (χ3n) is 9.83. The number of aliphatic hydroxyl groups excluding tert-OH is 1. The molecule has 5 aliphatic rings. The molecule has 0 radical (unpaired) electrons. The first-order valence-electron chi connectivity index (χ1n) is 12.0. The van der Waals surface area contributed by atoms with Gasteiger partial charge in [0.2, 0.25) is 0 Å². The Morgan fingerprint density at radius 2 is 2.00 bits per heavy atom. The summed E-state index contributed by atoms with van der Waals surface area (Å²) in [5.41, 5.74) is 0.750. The van der Waals surface area contributed by atoms with Crippen LogP contribution >= 0.6 is 0 Å². The van der Waals surface area contributed by atoms with Crippen molar-refractivity contribution in [2.45, 2.75) is 96.6 Å². The number of epoxide rings is 1. The van der Waals surface area contributed by atoms with Gasteiger partial charge in [0, 0.05) is 25.7 Å². The molecule has 1 aliphatic heterocycles. The van der Waals surface area contributed by atoms with E-state index in [0.29, 0.717) is 17.8 Å². The Morgan fingerprint density at radius 3 is 2.68 bits per heavy atom. The van der Waals surface area contributed by atoms with Gasteiger partial charge in [0.05, 0.1) is 12.7 Å². The summed E-state index contributed by atoms with van der Waals surface area (Å²) >= 11 is 0. The van der Waals surface area contributed by atoms with Crippen LogP contribution in [0.3, 0.4) is 0 Å². The van der Waals surface area contributed by atoms with Gasteiger partial charge in [0.25, 0.3) is 0 Å². The van der Waals surface area contributed by atoms with Crippen molar-refractivity contribution in [1.29, 1.82) is 0 Å². The zero-order valence-corrected chi connectivity index (χ0v) is 19.2. The van der Waals surface area contributed by atoms with E-state index in [9.17, 15) is 14.7 Å². The Balaban J connectivity index is 1.42. The van der Waals surface area contributed by atoms with E-state index >= 15 is 0 Å². The minimum atomic E-state index is -0.527. The van der Waals surface area contributed by atoms with Crippen molar-refractivity contribution in [3.05, 3.63) is 11.6 Å². The van der Waals surface area contributed by atoms with Gasteiger partial charge in [-0.1, -0.05) is 18.6 Å². The largest absolute Gasteiger partial charge is 0.462 e. The maximum absolute atomic E-state index is 11.7. The summed E-state index contributed by atoms with van der Waals surface area (Å²) in [7, 11) is 0. The molecule has 0 aromatic rings. The van der Waals surface area contributed by atoms with E-state index in [4.69, 9.17) is 14.2 Å². The highest BCUT2D eigenvalue weighted by Crippen LogP contribution is 2.74. The number of aliphatic hydroxyl groups is 1. The second-order valence-corrected chi connectivity index (χ2v) is 11.0. The van der Waals surface area contributed by atoms with Gasteiger partial charge < -0.3 is 19.3 Å². The van der Waals surface area contributed by atoms with Gasteiger partial charge in [-0.25, -0.2) is 0 Å². The van der Waals surface area contributed by atoms with Crippen LogP contribution < -0.4 is 0 Å². The normalized spacial score (nSPS) is 48.3. The molecule has 0 unspecified atom stereocenters. The second kappa shape index (κ2) is 7.05. The number of ether oxygens (including phenoxy) is 3. The summed E-state index contributed by atoms with van der Waals surface area (Å²) in [5.74, 6) is 0.995. The van der Waals surface area contributed by atoms with E-state index in [1.165, 1.54) is 19.4 Å². The van der Waals surface area contributed by atoms with Gasteiger partial charge >= 0.3 is 11.9 Å². The maximum Gasteiger partial charge on any atom is 0.302 e. The topological polar surface area (TPSA) is 85.4 Å². The van der Waals surface area contributed by atoms with Crippen molar-refractivity contribution in [2.24, 2.45) is 28.6 Å². The van der Waals surface area contributed by atoms with Crippen molar-refractivity contribution in [3.8, 4) is 0 Å². The van der Waals surface area contributed by atoms with Crippen molar-refractivity contribution >= 4 is 11.9 Å². The maximum atomic E-state index is 11.7. The molecular formula is C25H36O6. The van der Waals surface area contributed by atoms with E-state index in [1.807, 2.05) is 6.92 Å². The van der Waals surface area contributed by atoms with Gasteiger partial charge in [-0.2, -0.15) is 0 Å². The van der Waals surface area contributed by atoms with Crippen LogP contribution in [0.4, 0.5) is 0 Å². The molecule has 4 fully saturated rings. The molecule has 6 heteroatoms. The van der Waals surface area contributed by atoms with E-state index in [0.717, 1.165) is 44.9 Å². The molecule has 31 heavy (non-hydrogen) atoms. The molecule has 0 bridgehead atoms. The summed E-state index contributed by atoms with van der Waals surface area (Å²) in [4.78, 5) is 23.1. The zero-order valence-electron chi connectivity index (χ0n) is 19.2.